The molecule has 15 heavy (non-hydrogen) atoms. The highest BCUT2D eigenvalue weighted by molar-refractivity contribution is 7.71. The van der Waals surface area contributed by atoms with Gasteiger partial charge in [0.15, 0.2) is 0 Å². The Morgan fingerprint density at radius 1 is 1.40 bits per heavy atom. The summed E-state index contributed by atoms with van der Waals surface area (Å²) in [6, 6.07) is 8.65. The Bertz CT molecular complexity index is 519. The molecule has 1 aromatic heterocycles. The van der Waals surface area contributed by atoms with Crippen molar-refractivity contribution in [3.05, 3.63) is 35.1 Å². The largest absolute Gasteiger partial charge is 0.442 e. The van der Waals surface area contributed by atoms with Crippen molar-refractivity contribution >= 4 is 18.3 Å². The van der Waals surface area contributed by atoms with E-state index in [0.29, 0.717) is 5.75 Å². The smallest absolute Gasteiger partial charge is 0.409 e. The molecule has 76 valence electrons. The summed E-state index contributed by atoms with van der Waals surface area (Å²) in [5.41, 5.74) is 0. The van der Waals surface area contributed by atoms with Gasteiger partial charge in [-0.2, -0.15) is 5.21 Å². The SMILES string of the molecule is O=C(Oc1ccccc1)n1[nH]nnc1=S. The fourth-order valence-electron chi connectivity index (χ4n) is 0.951. The van der Waals surface area contributed by atoms with Crippen LogP contribution in [0.3, 0.4) is 0 Å². The van der Waals surface area contributed by atoms with Crippen LogP contribution in [-0.2, 0) is 0 Å². The number of hydrogen-bond acceptors (Lipinski definition) is 5. The molecule has 0 unspecified atom stereocenters. The predicted molar refractivity (Wildman–Crippen MR) is 53.1 cm³/mol. The molecule has 1 heterocycles. The monoisotopic (exact) mass is 222 g/mol. The number of H-pyrrole nitrogens is 1. The summed E-state index contributed by atoms with van der Waals surface area (Å²) in [5, 5.41) is 9.12. The van der Waals surface area contributed by atoms with Crippen LogP contribution in [0.15, 0.2) is 30.3 Å². The molecule has 0 aliphatic heterocycles. The van der Waals surface area contributed by atoms with Crippen LogP contribution in [0, 0.1) is 4.77 Å². The van der Waals surface area contributed by atoms with Crippen LogP contribution in [0.1, 0.15) is 0 Å². The second-order valence-electron chi connectivity index (χ2n) is 2.60. The first-order valence-electron chi connectivity index (χ1n) is 4.05. The van der Waals surface area contributed by atoms with E-state index in [0.717, 1.165) is 4.68 Å². The third-order valence-corrected chi connectivity index (χ3v) is 1.87. The Hall–Kier alpha value is -2.02. The van der Waals surface area contributed by atoms with Gasteiger partial charge in [0.25, 0.3) is 0 Å². The van der Waals surface area contributed by atoms with Crippen molar-refractivity contribution in [2.45, 2.75) is 0 Å². The van der Waals surface area contributed by atoms with E-state index in [2.05, 4.69) is 15.5 Å². The number of benzene rings is 1. The van der Waals surface area contributed by atoms with Crippen molar-refractivity contribution in [3.63, 3.8) is 0 Å². The zero-order valence-electron chi connectivity index (χ0n) is 7.45. The molecule has 1 aromatic carbocycles. The molecule has 0 aliphatic rings. The summed E-state index contributed by atoms with van der Waals surface area (Å²) in [6.45, 7) is 0. The van der Waals surface area contributed by atoms with E-state index < -0.39 is 6.09 Å². The lowest BCUT2D eigenvalue weighted by Gasteiger charge is -2.01. The van der Waals surface area contributed by atoms with Crippen molar-refractivity contribution in [2.24, 2.45) is 0 Å². The number of aromatic nitrogens is 4. The summed E-state index contributed by atoms with van der Waals surface area (Å²) in [6.07, 6.45) is -0.670. The molecular weight excluding hydrogens is 216 g/mol. The lowest BCUT2D eigenvalue weighted by Crippen LogP contribution is -2.18. The number of carbonyl (C=O) groups is 1. The molecule has 0 radical (unpaired) electrons. The number of carbonyl (C=O) groups excluding carboxylic acids is 1. The number of para-hydroxylation sites is 1. The Balaban J connectivity index is 2.18. The number of aromatic amines is 1. The lowest BCUT2D eigenvalue weighted by atomic mass is 10.3. The predicted octanol–water partition coefficient (Wildman–Crippen LogP) is 1.38. The van der Waals surface area contributed by atoms with Gasteiger partial charge in [0.1, 0.15) is 5.75 Å². The topological polar surface area (TPSA) is 72.8 Å². The van der Waals surface area contributed by atoms with Crippen molar-refractivity contribution in [2.75, 3.05) is 0 Å². The highest BCUT2D eigenvalue weighted by Crippen LogP contribution is 2.08. The standard InChI is InChI=1S/C8H6N4O2S/c13-8(12-7(15)9-10-11-12)14-6-4-2-1-3-5-6/h1-5H,(H,9,11,15). The van der Waals surface area contributed by atoms with Crippen LogP contribution in [0.25, 0.3) is 0 Å². The third-order valence-electron chi connectivity index (χ3n) is 1.60. The molecule has 0 atom stereocenters. The van der Waals surface area contributed by atoms with Crippen LogP contribution in [-0.4, -0.2) is 26.3 Å². The van der Waals surface area contributed by atoms with Gasteiger partial charge in [-0.1, -0.05) is 28.5 Å². The van der Waals surface area contributed by atoms with Crippen molar-refractivity contribution in [1.29, 1.82) is 0 Å². The first-order chi connectivity index (χ1) is 7.27. The molecule has 2 rings (SSSR count). The molecule has 0 saturated carbocycles. The van der Waals surface area contributed by atoms with E-state index in [4.69, 9.17) is 17.0 Å². The molecule has 0 amide bonds. The summed E-state index contributed by atoms with van der Waals surface area (Å²) in [4.78, 5) is 11.5. The Morgan fingerprint density at radius 3 is 2.73 bits per heavy atom. The van der Waals surface area contributed by atoms with E-state index >= 15 is 0 Å². The molecule has 7 heteroatoms. The molecule has 2 aromatic rings. The maximum absolute atomic E-state index is 11.5. The summed E-state index contributed by atoms with van der Waals surface area (Å²) in [5.74, 6) is 0.430. The maximum Gasteiger partial charge on any atom is 0.442 e. The minimum Gasteiger partial charge on any atom is -0.409 e. The number of ether oxygens (including phenoxy) is 1. The molecule has 0 fully saturated rings. The highest BCUT2D eigenvalue weighted by Gasteiger charge is 2.09. The first-order valence-corrected chi connectivity index (χ1v) is 4.45. The lowest BCUT2D eigenvalue weighted by molar-refractivity contribution is 0.197. The second-order valence-corrected chi connectivity index (χ2v) is 2.96. The Kier molecular flexibility index (Phi) is 2.55. The summed E-state index contributed by atoms with van der Waals surface area (Å²) >= 11 is 4.74. The molecule has 0 spiro atoms. The number of nitrogens with zero attached hydrogens (tertiary/aromatic N) is 3. The van der Waals surface area contributed by atoms with Crippen LogP contribution < -0.4 is 4.74 Å². The Morgan fingerprint density at radius 2 is 2.13 bits per heavy atom. The average Bonchev–Trinajstić information content (AvgIpc) is 2.66. The number of nitrogens with one attached hydrogen (secondary N) is 1. The second kappa shape index (κ2) is 4.01. The normalized spacial score (nSPS) is 9.87. The fraction of sp³-hybridized carbons (Fsp3) is 0. The fourth-order valence-corrected chi connectivity index (χ4v) is 1.11. The van der Waals surface area contributed by atoms with Gasteiger partial charge in [-0.3, -0.25) is 0 Å². The maximum atomic E-state index is 11.5. The van der Waals surface area contributed by atoms with Gasteiger partial charge in [0.05, 0.1) is 0 Å². The van der Waals surface area contributed by atoms with E-state index in [9.17, 15) is 4.79 Å². The van der Waals surface area contributed by atoms with Gasteiger partial charge in [-0.25, -0.2) is 4.79 Å². The molecule has 1 N–H and O–H groups in total. The zero-order valence-corrected chi connectivity index (χ0v) is 8.27. The van der Waals surface area contributed by atoms with E-state index in [1.54, 1.807) is 24.3 Å². The molecule has 0 bridgehead atoms. The number of rotatable bonds is 1. The van der Waals surface area contributed by atoms with Crippen molar-refractivity contribution < 1.29 is 9.53 Å². The highest BCUT2D eigenvalue weighted by atomic mass is 32.1. The molecule has 6 nitrogen and oxygen atoms in total. The molecule has 0 aliphatic carbocycles. The van der Waals surface area contributed by atoms with Gasteiger partial charge in [0, 0.05) is 0 Å². The van der Waals surface area contributed by atoms with Gasteiger partial charge in [-0.15, -0.1) is 4.68 Å². The van der Waals surface area contributed by atoms with Gasteiger partial charge in [-0.05, 0) is 24.4 Å². The number of hydrogen-bond donors (Lipinski definition) is 1. The van der Waals surface area contributed by atoms with Gasteiger partial charge < -0.3 is 4.74 Å². The van der Waals surface area contributed by atoms with Gasteiger partial charge in [0.2, 0.25) is 4.77 Å². The summed E-state index contributed by atoms with van der Waals surface area (Å²) in [7, 11) is 0. The average molecular weight is 222 g/mol. The van der Waals surface area contributed by atoms with Crippen LogP contribution in [0.2, 0.25) is 0 Å². The quantitative estimate of drug-likeness (QED) is 0.583. The minimum absolute atomic E-state index is 0.0240. The van der Waals surface area contributed by atoms with Gasteiger partial charge >= 0.3 is 6.09 Å². The van der Waals surface area contributed by atoms with Crippen molar-refractivity contribution in [3.8, 4) is 5.75 Å². The minimum atomic E-state index is -0.670. The van der Waals surface area contributed by atoms with Crippen molar-refractivity contribution in [1.82, 2.24) is 20.2 Å². The van der Waals surface area contributed by atoms with E-state index in [1.165, 1.54) is 0 Å². The first kappa shape index (κ1) is 9.53. The molecular formula is C8H6N4O2S. The van der Waals surface area contributed by atoms with Crippen LogP contribution in [0.5, 0.6) is 5.75 Å². The Labute approximate surface area is 89.5 Å². The third kappa shape index (κ3) is 2.08. The number of tetrazole rings is 1. The van der Waals surface area contributed by atoms with Crippen LogP contribution in [0.4, 0.5) is 4.79 Å². The zero-order chi connectivity index (χ0) is 10.7. The van der Waals surface area contributed by atoms with Crippen LogP contribution >= 0.6 is 12.2 Å². The summed E-state index contributed by atoms with van der Waals surface area (Å²) < 4.78 is 5.94. The van der Waals surface area contributed by atoms with E-state index in [1.807, 2.05) is 6.07 Å². The molecule has 0 saturated heterocycles. The van der Waals surface area contributed by atoms with E-state index in [-0.39, 0.29) is 4.77 Å².